The highest BCUT2D eigenvalue weighted by Gasteiger charge is 2.16. The van der Waals surface area contributed by atoms with Gasteiger partial charge >= 0.3 is 0 Å². The number of amides is 1. The van der Waals surface area contributed by atoms with Crippen molar-refractivity contribution in [1.29, 1.82) is 0 Å². The number of fused-ring (bicyclic) bond motifs is 1. The number of primary amides is 1. The number of hydrogen-bond donors (Lipinski definition) is 2. The van der Waals surface area contributed by atoms with Crippen LogP contribution in [0.15, 0.2) is 35.8 Å². The molecule has 0 radical (unpaired) electrons. The topological polar surface area (TPSA) is 95.6 Å². The lowest BCUT2D eigenvalue weighted by molar-refractivity contribution is 0.0998. The highest BCUT2D eigenvalue weighted by molar-refractivity contribution is 7.15. The Morgan fingerprint density at radius 3 is 2.95 bits per heavy atom. The van der Waals surface area contributed by atoms with E-state index in [-0.39, 0.29) is 6.54 Å². The van der Waals surface area contributed by atoms with Crippen LogP contribution in [0.2, 0.25) is 0 Å². The molecule has 1 amide bonds. The molecular weight excluding hydrogens is 276 g/mol. The smallest absolute Gasteiger partial charge is 0.252 e. The molecule has 0 unspecified atom stereocenters. The predicted octanol–water partition coefficient (Wildman–Crippen LogP) is 1.75. The number of hydrogen-bond acceptors (Lipinski definition) is 5. The Bertz CT molecular complexity index is 778. The summed E-state index contributed by atoms with van der Waals surface area (Å²) >= 11 is 1.48. The molecule has 2 aromatic heterocycles. The summed E-state index contributed by atoms with van der Waals surface area (Å²) in [5.41, 5.74) is 12.1. The zero-order valence-corrected chi connectivity index (χ0v) is 11.3. The van der Waals surface area contributed by atoms with Gasteiger partial charge in [-0.25, -0.2) is 0 Å². The van der Waals surface area contributed by atoms with Crippen LogP contribution >= 0.6 is 11.3 Å². The number of nitrogens with zero attached hydrogens (tertiary/aromatic N) is 2. The van der Waals surface area contributed by atoms with Crippen molar-refractivity contribution < 1.29 is 9.53 Å². The van der Waals surface area contributed by atoms with Gasteiger partial charge in [-0.2, -0.15) is 4.98 Å². The van der Waals surface area contributed by atoms with Crippen LogP contribution in [0, 0.1) is 0 Å². The van der Waals surface area contributed by atoms with Crippen molar-refractivity contribution >= 4 is 22.2 Å². The first kappa shape index (κ1) is 12.6. The van der Waals surface area contributed by atoms with Crippen molar-refractivity contribution in [3.63, 3.8) is 0 Å². The van der Waals surface area contributed by atoms with E-state index in [4.69, 9.17) is 16.2 Å². The van der Waals surface area contributed by atoms with Crippen LogP contribution in [-0.2, 0) is 6.54 Å². The van der Waals surface area contributed by atoms with Gasteiger partial charge in [0, 0.05) is 18.1 Å². The van der Waals surface area contributed by atoms with E-state index in [1.54, 1.807) is 24.3 Å². The number of aromatic nitrogens is 2. The van der Waals surface area contributed by atoms with Crippen molar-refractivity contribution in [2.45, 2.75) is 6.54 Å². The van der Waals surface area contributed by atoms with Crippen LogP contribution in [-0.4, -0.2) is 15.3 Å². The first-order valence-electron chi connectivity index (χ1n) is 5.92. The number of thiazole rings is 1. The third-order valence-electron chi connectivity index (χ3n) is 2.88. The number of para-hydroxylation sites is 1. The number of carbonyl (C=O) groups excluding carboxylic acids is 1. The molecule has 0 aliphatic carbocycles. The second-order valence-electron chi connectivity index (χ2n) is 4.09. The molecule has 0 spiro atoms. The normalized spacial score (nSPS) is 10.8. The summed E-state index contributed by atoms with van der Waals surface area (Å²) in [4.78, 5) is 16.5. The van der Waals surface area contributed by atoms with Gasteiger partial charge in [0.2, 0.25) is 5.88 Å². The number of carbonyl (C=O) groups is 1. The quantitative estimate of drug-likeness (QED) is 0.764. The number of ether oxygens (including phenoxy) is 1. The second kappa shape index (κ2) is 4.95. The van der Waals surface area contributed by atoms with E-state index in [2.05, 4.69) is 4.98 Å². The van der Waals surface area contributed by atoms with Crippen molar-refractivity contribution in [3.8, 4) is 11.6 Å². The Hall–Kier alpha value is -2.38. The fourth-order valence-corrected chi connectivity index (χ4v) is 2.67. The maximum atomic E-state index is 11.4. The lowest BCUT2D eigenvalue weighted by Gasteiger charge is -2.07. The van der Waals surface area contributed by atoms with Gasteiger partial charge in [0.05, 0.1) is 5.56 Å². The number of nitrogens with two attached hydrogens (primary N) is 2. The lowest BCUT2D eigenvalue weighted by atomic mass is 10.2. The van der Waals surface area contributed by atoms with E-state index >= 15 is 0 Å². The molecule has 2 heterocycles. The maximum absolute atomic E-state index is 11.4. The first-order chi connectivity index (χ1) is 9.70. The van der Waals surface area contributed by atoms with E-state index in [0.29, 0.717) is 17.2 Å². The zero-order chi connectivity index (χ0) is 14.1. The summed E-state index contributed by atoms with van der Waals surface area (Å²) in [6, 6.07) is 6.77. The summed E-state index contributed by atoms with van der Waals surface area (Å²) in [7, 11) is 0. The molecule has 3 aromatic rings. The van der Waals surface area contributed by atoms with Crippen LogP contribution in [0.4, 0.5) is 0 Å². The SMILES string of the molecule is NCc1c(Oc2ccccc2C(N)=O)nc2sccn12. The molecule has 0 aliphatic heterocycles. The molecular formula is C13H12N4O2S. The number of imidazole rings is 1. The van der Waals surface area contributed by atoms with E-state index in [1.807, 2.05) is 16.0 Å². The van der Waals surface area contributed by atoms with Crippen LogP contribution < -0.4 is 16.2 Å². The summed E-state index contributed by atoms with van der Waals surface area (Å²) in [5, 5.41) is 1.92. The van der Waals surface area contributed by atoms with E-state index in [0.717, 1.165) is 10.7 Å². The molecule has 0 saturated heterocycles. The monoisotopic (exact) mass is 288 g/mol. The number of rotatable bonds is 4. The first-order valence-corrected chi connectivity index (χ1v) is 6.80. The highest BCUT2D eigenvalue weighted by atomic mass is 32.1. The summed E-state index contributed by atoms with van der Waals surface area (Å²) in [5.74, 6) is 0.226. The molecule has 0 fully saturated rings. The van der Waals surface area contributed by atoms with Gasteiger partial charge in [-0.1, -0.05) is 12.1 Å². The van der Waals surface area contributed by atoms with Crippen molar-refractivity contribution in [2.75, 3.05) is 0 Å². The molecule has 0 atom stereocenters. The van der Waals surface area contributed by atoms with Gasteiger partial charge in [-0.3, -0.25) is 9.20 Å². The second-order valence-corrected chi connectivity index (χ2v) is 4.96. The minimum Gasteiger partial charge on any atom is -0.436 e. The van der Waals surface area contributed by atoms with Gasteiger partial charge in [0.1, 0.15) is 11.4 Å². The summed E-state index contributed by atoms with van der Waals surface area (Å²) in [6.45, 7) is 0.284. The minimum absolute atomic E-state index is 0.284. The Morgan fingerprint density at radius 2 is 2.20 bits per heavy atom. The molecule has 4 N–H and O–H groups in total. The Kier molecular flexibility index (Phi) is 3.13. The van der Waals surface area contributed by atoms with Crippen LogP contribution in [0.1, 0.15) is 16.1 Å². The third kappa shape index (κ3) is 2.02. The lowest BCUT2D eigenvalue weighted by Crippen LogP contribution is -2.12. The minimum atomic E-state index is -0.545. The molecule has 3 rings (SSSR count). The molecule has 102 valence electrons. The average Bonchev–Trinajstić information content (AvgIpc) is 2.99. The molecule has 20 heavy (non-hydrogen) atoms. The van der Waals surface area contributed by atoms with Gasteiger partial charge in [-0.15, -0.1) is 11.3 Å². The molecule has 1 aromatic carbocycles. The Morgan fingerprint density at radius 1 is 1.40 bits per heavy atom. The molecule has 6 nitrogen and oxygen atoms in total. The predicted molar refractivity (Wildman–Crippen MR) is 76.0 cm³/mol. The highest BCUT2D eigenvalue weighted by Crippen LogP contribution is 2.29. The Balaban J connectivity index is 2.05. The largest absolute Gasteiger partial charge is 0.436 e. The van der Waals surface area contributed by atoms with E-state index in [9.17, 15) is 4.79 Å². The van der Waals surface area contributed by atoms with Gasteiger partial charge in [-0.05, 0) is 12.1 Å². The van der Waals surface area contributed by atoms with Crippen molar-refractivity contribution in [2.24, 2.45) is 11.5 Å². The van der Waals surface area contributed by atoms with Gasteiger partial charge < -0.3 is 16.2 Å². The van der Waals surface area contributed by atoms with Gasteiger partial charge in [0.25, 0.3) is 5.91 Å². The van der Waals surface area contributed by atoms with Crippen LogP contribution in [0.3, 0.4) is 0 Å². The van der Waals surface area contributed by atoms with Crippen LogP contribution in [0.25, 0.3) is 4.96 Å². The molecule has 7 heteroatoms. The summed E-state index contributed by atoms with van der Waals surface area (Å²) < 4.78 is 7.60. The van der Waals surface area contributed by atoms with E-state index < -0.39 is 5.91 Å². The fraction of sp³-hybridized carbons (Fsp3) is 0.0769. The number of benzene rings is 1. The molecule has 0 saturated carbocycles. The standard InChI is InChI=1S/C13H12N4O2S/c14-7-9-12(16-13-17(9)5-6-20-13)19-10-4-2-1-3-8(10)11(15)18/h1-6H,7,14H2,(H2,15,18). The van der Waals surface area contributed by atoms with E-state index in [1.165, 1.54) is 11.3 Å². The maximum Gasteiger partial charge on any atom is 0.252 e. The summed E-state index contributed by atoms with van der Waals surface area (Å²) in [6.07, 6.45) is 1.88. The van der Waals surface area contributed by atoms with Crippen molar-refractivity contribution in [1.82, 2.24) is 9.38 Å². The molecule has 0 aliphatic rings. The van der Waals surface area contributed by atoms with Crippen molar-refractivity contribution in [3.05, 3.63) is 47.1 Å². The third-order valence-corrected chi connectivity index (χ3v) is 3.63. The van der Waals surface area contributed by atoms with Gasteiger partial charge in [0.15, 0.2) is 4.96 Å². The van der Waals surface area contributed by atoms with Crippen LogP contribution in [0.5, 0.6) is 11.6 Å². The average molecular weight is 288 g/mol. The Labute approximate surface area is 118 Å². The molecule has 0 bridgehead atoms. The fourth-order valence-electron chi connectivity index (χ4n) is 1.94. The zero-order valence-electron chi connectivity index (χ0n) is 10.4.